The number of benzene rings is 1. The van der Waals surface area contributed by atoms with Crippen molar-refractivity contribution in [2.24, 2.45) is 0 Å². The van der Waals surface area contributed by atoms with Crippen LogP contribution in [0.2, 0.25) is 0 Å². The van der Waals surface area contributed by atoms with Gasteiger partial charge in [-0.15, -0.1) is 0 Å². The Hall–Kier alpha value is -1.50. The summed E-state index contributed by atoms with van der Waals surface area (Å²) in [7, 11) is 1.67. The highest BCUT2D eigenvalue weighted by molar-refractivity contribution is 5.89. The van der Waals surface area contributed by atoms with Gasteiger partial charge in [0.25, 0.3) is 0 Å². The highest BCUT2D eigenvalue weighted by atomic mass is 19.1. The number of aromatic carboxylic acids is 1. The molecule has 0 aliphatic heterocycles. The Morgan fingerprint density at radius 1 is 1.44 bits per heavy atom. The average Bonchev–Trinajstić information content (AvgIpc) is 2.34. The number of aliphatic hydroxyl groups excluding tert-OH is 2. The molecule has 4 N–H and O–H groups in total. The van der Waals surface area contributed by atoms with E-state index in [1.54, 1.807) is 7.05 Å². The summed E-state index contributed by atoms with van der Waals surface area (Å²) in [5.74, 6) is -2.18. The number of aliphatic hydroxyl groups is 2. The van der Waals surface area contributed by atoms with Crippen molar-refractivity contribution in [3.63, 3.8) is 0 Å². The van der Waals surface area contributed by atoms with Crippen molar-refractivity contribution in [2.45, 2.75) is 18.6 Å². The molecular formula is C12H16FNO4. The van der Waals surface area contributed by atoms with Crippen molar-refractivity contribution in [3.05, 3.63) is 35.1 Å². The van der Waals surface area contributed by atoms with Gasteiger partial charge in [-0.25, -0.2) is 9.18 Å². The standard InChI is InChI=1S/C12H16FNO4/c1-14-6-5-9(15)11(16)10-7(12(17)18)3-2-4-8(10)13/h2-4,9,11,14-16H,5-6H2,1H3,(H,17,18). The molecular weight excluding hydrogens is 241 g/mol. The molecule has 100 valence electrons. The third-order valence-corrected chi connectivity index (χ3v) is 2.63. The lowest BCUT2D eigenvalue weighted by Crippen LogP contribution is -2.25. The number of carboxylic acid groups (broad SMARTS) is 1. The molecule has 0 aromatic heterocycles. The minimum absolute atomic E-state index is 0.186. The smallest absolute Gasteiger partial charge is 0.336 e. The summed E-state index contributed by atoms with van der Waals surface area (Å²) in [5, 5.41) is 31.2. The van der Waals surface area contributed by atoms with E-state index in [1.807, 2.05) is 0 Å². The van der Waals surface area contributed by atoms with Gasteiger partial charge in [0.05, 0.1) is 11.7 Å². The maximum absolute atomic E-state index is 13.6. The average molecular weight is 257 g/mol. The molecule has 0 amide bonds. The number of carboxylic acids is 1. The van der Waals surface area contributed by atoms with Gasteiger partial charge in [-0.05, 0) is 32.1 Å². The lowest BCUT2D eigenvalue weighted by molar-refractivity contribution is 0.0110. The van der Waals surface area contributed by atoms with Crippen LogP contribution in [-0.2, 0) is 0 Å². The first-order chi connectivity index (χ1) is 8.49. The summed E-state index contributed by atoms with van der Waals surface area (Å²) in [5.41, 5.74) is -0.723. The van der Waals surface area contributed by atoms with Gasteiger partial charge in [0.1, 0.15) is 11.9 Å². The van der Waals surface area contributed by atoms with Crippen LogP contribution in [0.25, 0.3) is 0 Å². The van der Waals surface area contributed by atoms with Crippen LogP contribution in [0, 0.1) is 5.82 Å². The first-order valence-electron chi connectivity index (χ1n) is 5.51. The molecule has 0 saturated heterocycles. The lowest BCUT2D eigenvalue weighted by atomic mass is 9.96. The van der Waals surface area contributed by atoms with Crippen LogP contribution >= 0.6 is 0 Å². The maximum Gasteiger partial charge on any atom is 0.336 e. The Balaban J connectivity index is 3.03. The fraction of sp³-hybridized carbons (Fsp3) is 0.417. The Bertz CT molecular complexity index is 425. The van der Waals surface area contributed by atoms with Gasteiger partial charge in [0, 0.05) is 5.56 Å². The van der Waals surface area contributed by atoms with E-state index in [9.17, 15) is 19.4 Å². The van der Waals surface area contributed by atoms with Gasteiger partial charge in [-0.3, -0.25) is 0 Å². The van der Waals surface area contributed by atoms with E-state index in [1.165, 1.54) is 12.1 Å². The maximum atomic E-state index is 13.6. The molecule has 0 radical (unpaired) electrons. The molecule has 0 aliphatic rings. The van der Waals surface area contributed by atoms with E-state index >= 15 is 0 Å². The number of hydrogen-bond donors (Lipinski definition) is 4. The number of hydrogen-bond acceptors (Lipinski definition) is 4. The van der Waals surface area contributed by atoms with Crippen LogP contribution in [0.4, 0.5) is 4.39 Å². The van der Waals surface area contributed by atoms with Gasteiger partial charge in [-0.2, -0.15) is 0 Å². The molecule has 0 aliphatic carbocycles. The third-order valence-electron chi connectivity index (χ3n) is 2.63. The molecule has 18 heavy (non-hydrogen) atoms. The Morgan fingerprint density at radius 2 is 2.11 bits per heavy atom. The van der Waals surface area contributed by atoms with Crippen LogP contribution in [0.5, 0.6) is 0 Å². The summed E-state index contributed by atoms with van der Waals surface area (Å²) >= 11 is 0. The summed E-state index contributed by atoms with van der Waals surface area (Å²) in [4.78, 5) is 10.9. The zero-order valence-electron chi connectivity index (χ0n) is 9.93. The van der Waals surface area contributed by atoms with E-state index in [-0.39, 0.29) is 17.5 Å². The molecule has 0 spiro atoms. The van der Waals surface area contributed by atoms with Gasteiger partial charge >= 0.3 is 5.97 Å². The van der Waals surface area contributed by atoms with Gasteiger partial charge in [-0.1, -0.05) is 6.07 Å². The summed E-state index contributed by atoms with van der Waals surface area (Å²) in [6.07, 6.45) is -2.61. The van der Waals surface area contributed by atoms with Crippen molar-refractivity contribution in [2.75, 3.05) is 13.6 Å². The van der Waals surface area contributed by atoms with Crippen molar-refractivity contribution in [1.29, 1.82) is 0 Å². The van der Waals surface area contributed by atoms with Crippen LogP contribution in [0.15, 0.2) is 18.2 Å². The molecule has 1 aromatic carbocycles. The van der Waals surface area contributed by atoms with Crippen LogP contribution < -0.4 is 5.32 Å². The van der Waals surface area contributed by atoms with Gasteiger partial charge < -0.3 is 20.6 Å². The highest BCUT2D eigenvalue weighted by Gasteiger charge is 2.26. The second kappa shape index (κ2) is 6.44. The van der Waals surface area contributed by atoms with E-state index < -0.39 is 24.0 Å². The van der Waals surface area contributed by atoms with E-state index in [0.29, 0.717) is 6.54 Å². The molecule has 0 heterocycles. The van der Waals surface area contributed by atoms with Crippen molar-refractivity contribution >= 4 is 5.97 Å². The lowest BCUT2D eigenvalue weighted by Gasteiger charge is -2.20. The Morgan fingerprint density at radius 3 is 2.67 bits per heavy atom. The Kier molecular flexibility index (Phi) is 5.21. The van der Waals surface area contributed by atoms with Crippen LogP contribution in [0.3, 0.4) is 0 Å². The molecule has 0 fully saturated rings. The van der Waals surface area contributed by atoms with Crippen molar-refractivity contribution < 1.29 is 24.5 Å². The van der Waals surface area contributed by atoms with Gasteiger partial charge in [0.2, 0.25) is 0 Å². The predicted octanol–water partition coefficient (Wildman–Crippen LogP) is 0.528. The number of carbonyl (C=O) groups is 1. The van der Waals surface area contributed by atoms with Crippen LogP contribution in [0.1, 0.15) is 28.4 Å². The molecule has 6 heteroatoms. The predicted molar refractivity (Wildman–Crippen MR) is 62.9 cm³/mol. The number of halogens is 1. The zero-order chi connectivity index (χ0) is 13.7. The molecule has 0 bridgehead atoms. The number of rotatable bonds is 6. The molecule has 2 unspecified atom stereocenters. The van der Waals surface area contributed by atoms with E-state index in [4.69, 9.17) is 5.11 Å². The molecule has 5 nitrogen and oxygen atoms in total. The van der Waals surface area contributed by atoms with Crippen molar-refractivity contribution in [3.8, 4) is 0 Å². The molecule has 1 rings (SSSR count). The van der Waals surface area contributed by atoms with E-state index in [2.05, 4.69) is 5.32 Å². The fourth-order valence-electron chi connectivity index (χ4n) is 1.67. The molecule has 0 saturated carbocycles. The Labute approximate surface area is 104 Å². The first-order valence-corrected chi connectivity index (χ1v) is 5.51. The fourth-order valence-corrected chi connectivity index (χ4v) is 1.67. The highest BCUT2D eigenvalue weighted by Crippen LogP contribution is 2.25. The summed E-state index contributed by atoms with van der Waals surface area (Å²) in [6, 6.07) is 3.49. The topological polar surface area (TPSA) is 89.8 Å². The largest absolute Gasteiger partial charge is 0.478 e. The zero-order valence-corrected chi connectivity index (χ0v) is 9.93. The number of nitrogens with one attached hydrogen (secondary N) is 1. The summed E-state index contributed by atoms with van der Waals surface area (Å²) < 4.78 is 13.6. The first kappa shape index (κ1) is 14.6. The minimum atomic E-state index is -1.56. The molecule has 1 aromatic rings. The summed E-state index contributed by atoms with van der Waals surface area (Å²) in [6.45, 7) is 0.426. The second-order valence-electron chi connectivity index (χ2n) is 3.91. The SMILES string of the molecule is CNCCC(O)C(O)c1c(F)cccc1C(=O)O. The second-order valence-corrected chi connectivity index (χ2v) is 3.91. The van der Waals surface area contributed by atoms with Crippen molar-refractivity contribution in [1.82, 2.24) is 5.32 Å². The monoisotopic (exact) mass is 257 g/mol. The normalized spacial score (nSPS) is 14.2. The quantitative estimate of drug-likeness (QED) is 0.597. The van der Waals surface area contributed by atoms with E-state index in [0.717, 1.165) is 6.07 Å². The van der Waals surface area contributed by atoms with Gasteiger partial charge in [0.15, 0.2) is 0 Å². The molecule has 2 atom stereocenters. The van der Waals surface area contributed by atoms with Crippen LogP contribution in [-0.4, -0.2) is 41.0 Å². The third kappa shape index (κ3) is 3.25. The minimum Gasteiger partial charge on any atom is -0.478 e.